The van der Waals surface area contributed by atoms with Crippen molar-refractivity contribution in [2.45, 2.75) is 40.5 Å². The third-order valence-electron chi connectivity index (χ3n) is 5.93. The lowest BCUT2D eigenvalue weighted by atomic mass is 9.47. The summed E-state index contributed by atoms with van der Waals surface area (Å²) in [6.45, 7) is 9.48. The maximum atomic E-state index is 11.9. The molecule has 0 radical (unpaired) electrons. The first kappa shape index (κ1) is 10.6. The second-order valence-corrected chi connectivity index (χ2v) is 6.83. The van der Waals surface area contributed by atoms with E-state index in [0.29, 0.717) is 17.9 Å². The van der Waals surface area contributed by atoms with Crippen molar-refractivity contribution in [3.8, 4) is 0 Å². The Kier molecular flexibility index (Phi) is 1.88. The topological polar surface area (TPSA) is 26.3 Å². The molecule has 90 valence electrons. The molecule has 0 amide bonds. The molecule has 0 aromatic carbocycles. The summed E-state index contributed by atoms with van der Waals surface area (Å²) in [6.07, 6.45) is 2.59. The van der Waals surface area contributed by atoms with Crippen LogP contribution in [0, 0.1) is 34.5 Å². The second kappa shape index (κ2) is 2.83. The largest absolute Gasteiger partial charge is 0.466 e. The van der Waals surface area contributed by atoms with Crippen molar-refractivity contribution in [3.63, 3.8) is 0 Å². The van der Waals surface area contributed by atoms with Crippen LogP contribution < -0.4 is 0 Å². The molecule has 0 N–H and O–H groups in total. The Labute approximate surface area is 97.7 Å². The van der Waals surface area contributed by atoms with Gasteiger partial charge in [0.15, 0.2) is 0 Å². The molecule has 5 atom stereocenters. The fourth-order valence-corrected chi connectivity index (χ4v) is 4.75. The highest BCUT2D eigenvalue weighted by Gasteiger charge is 2.77. The Morgan fingerprint density at radius 2 is 2.06 bits per heavy atom. The van der Waals surface area contributed by atoms with Gasteiger partial charge in [-0.25, -0.2) is 0 Å². The predicted octanol–water partition coefficient (Wildman–Crippen LogP) is 2.87. The van der Waals surface area contributed by atoms with E-state index < -0.39 is 0 Å². The van der Waals surface area contributed by atoms with Crippen LogP contribution >= 0.6 is 0 Å². The van der Waals surface area contributed by atoms with Crippen LogP contribution in [-0.2, 0) is 9.53 Å². The molecule has 4 saturated carbocycles. The van der Waals surface area contributed by atoms with Gasteiger partial charge in [0.2, 0.25) is 0 Å². The van der Waals surface area contributed by atoms with Crippen LogP contribution in [-0.4, -0.2) is 12.6 Å². The fourth-order valence-electron chi connectivity index (χ4n) is 4.75. The zero-order valence-electron chi connectivity index (χ0n) is 10.7. The van der Waals surface area contributed by atoms with E-state index in [0.717, 1.165) is 11.8 Å². The molecule has 5 unspecified atom stereocenters. The lowest BCUT2D eigenvalue weighted by molar-refractivity contribution is -0.146. The van der Waals surface area contributed by atoms with Crippen LogP contribution in [0.15, 0.2) is 0 Å². The smallest absolute Gasteiger partial charge is 0.309 e. The van der Waals surface area contributed by atoms with Crippen molar-refractivity contribution < 1.29 is 9.53 Å². The lowest BCUT2D eigenvalue weighted by Crippen LogP contribution is -2.51. The minimum absolute atomic E-state index is 0.0679. The molecule has 2 bridgehead atoms. The molecule has 2 nitrogen and oxygen atoms in total. The van der Waals surface area contributed by atoms with Crippen LogP contribution in [0.3, 0.4) is 0 Å². The van der Waals surface area contributed by atoms with Crippen molar-refractivity contribution >= 4 is 5.97 Å². The first-order valence-corrected chi connectivity index (χ1v) is 6.59. The van der Waals surface area contributed by atoms with Crippen molar-refractivity contribution in [2.75, 3.05) is 6.61 Å². The van der Waals surface area contributed by atoms with E-state index in [9.17, 15) is 4.79 Å². The van der Waals surface area contributed by atoms with Crippen molar-refractivity contribution in [1.29, 1.82) is 0 Å². The Bertz CT molecular complexity index is 347. The molecule has 4 fully saturated rings. The van der Waals surface area contributed by atoms with Gasteiger partial charge in [0, 0.05) is 0 Å². The van der Waals surface area contributed by atoms with E-state index in [4.69, 9.17) is 4.74 Å². The molecule has 0 spiro atoms. The van der Waals surface area contributed by atoms with E-state index in [1.54, 1.807) is 0 Å². The highest BCUT2D eigenvalue weighted by molar-refractivity contribution is 5.78. The van der Waals surface area contributed by atoms with Crippen molar-refractivity contribution in [2.24, 2.45) is 34.5 Å². The van der Waals surface area contributed by atoms with E-state index in [1.807, 2.05) is 6.92 Å². The van der Waals surface area contributed by atoms with Crippen LogP contribution in [0.2, 0.25) is 0 Å². The molecule has 16 heavy (non-hydrogen) atoms. The minimum Gasteiger partial charge on any atom is -0.466 e. The minimum atomic E-state index is 0.0679. The normalized spacial score (nSPS) is 51.2. The number of hydrogen-bond acceptors (Lipinski definition) is 2. The first-order valence-electron chi connectivity index (χ1n) is 6.59. The summed E-state index contributed by atoms with van der Waals surface area (Å²) in [5.74, 6) is 2.51. The van der Waals surface area contributed by atoms with Gasteiger partial charge in [-0.2, -0.15) is 0 Å². The van der Waals surface area contributed by atoms with Gasteiger partial charge in [0.1, 0.15) is 0 Å². The molecule has 4 aliphatic rings. The van der Waals surface area contributed by atoms with Crippen molar-refractivity contribution in [1.82, 2.24) is 0 Å². The summed E-state index contributed by atoms with van der Waals surface area (Å²) in [6, 6.07) is 0. The SMILES string of the molecule is CCOC(=O)C1C2C3CC(CC12C)C3(C)C. The third kappa shape index (κ3) is 1.01. The average Bonchev–Trinajstić information content (AvgIpc) is 2.83. The van der Waals surface area contributed by atoms with Gasteiger partial charge in [-0.15, -0.1) is 0 Å². The van der Waals surface area contributed by atoms with Crippen LogP contribution in [0.5, 0.6) is 0 Å². The summed E-state index contributed by atoms with van der Waals surface area (Å²) in [7, 11) is 0. The summed E-state index contributed by atoms with van der Waals surface area (Å²) in [4.78, 5) is 11.9. The maximum Gasteiger partial charge on any atom is 0.309 e. The molecule has 0 aromatic rings. The Morgan fingerprint density at radius 1 is 1.38 bits per heavy atom. The molecular weight excluding hydrogens is 200 g/mol. The van der Waals surface area contributed by atoms with Crippen LogP contribution in [0.25, 0.3) is 0 Å². The van der Waals surface area contributed by atoms with Gasteiger partial charge in [0.05, 0.1) is 12.5 Å². The lowest BCUT2D eigenvalue weighted by Gasteiger charge is -2.58. The van der Waals surface area contributed by atoms with Gasteiger partial charge in [-0.05, 0) is 48.3 Å². The number of hydrogen-bond donors (Lipinski definition) is 0. The first-order chi connectivity index (χ1) is 7.43. The van der Waals surface area contributed by atoms with Gasteiger partial charge in [0.25, 0.3) is 0 Å². The van der Waals surface area contributed by atoms with Gasteiger partial charge >= 0.3 is 5.97 Å². The maximum absolute atomic E-state index is 11.9. The van der Waals surface area contributed by atoms with E-state index in [2.05, 4.69) is 20.8 Å². The molecule has 4 rings (SSSR count). The zero-order chi connectivity index (χ0) is 11.7. The summed E-state index contributed by atoms with van der Waals surface area (Å²) < 4.78 is 5.22. The highest BCUT2D eigenvalue weighted by atomic mass is 16.5. The molecule has 4 aliphatic carbocycles. The predicted molar refractivity (Wildman–Crippen MR) is 61.7 cm³/mol. The number of rotatable bonds is 2. The Morgan fingerprint density at radius 3 is 2.56 bits per heavy atom. The molecule has 0 saturated heterocycles. The third-order valence-corrected chi connectivity index (χ3v) is 5.93. The van der Waals surface area contributed by atoms with E-state index >= 15 is 0 Å². The average molecular weight is 222 g/mol. The standard InChI is InChI=1S/C14H22O2/c1-5-16-12(15)11-10-9-6-8(13(9,2)3)7-14(10,11)4/h8-11H,5-7H2,1-4H3. The van der Waals surface area contributed by atoms with Gasteiger partial charge in [-0.3, -0.25) is 4.79 Å². The molecule has 0 heterocycles. The van der Waals surface area contributed by atoms with E-state index in [-0.39, 0.29) is 17.3 Å². The van der Waals surface area contributed by atoms with Crippen LogP contribution in [0.4, 0.5) is 0 Å². The summed E-state index contributed by atoms with van der Waals surface area (Å²) >= 11 is 0. The van der Waals surface area contributed by atoms with E-state index in [1.165, 1.54) is 12.8 Å². The molecule has 0 aromatic heterocycles. The second-order valence-electron chi connectivity index (χ2n) is 6.83. The molecule has 2 heteroatoms. The quantitative estimate of drug-likeness (QED) is 0.672. The number of esters is 1. The zero-order valence-corrected chi connectivity index (χ0v) is 10.7. The van der Waals surface area contributed by atoms with Crippen molar-refractivity contribution in [3.05, 3.63) is 0 Å². The fraction of sp³-hybridized carbons (Fsp3) is 0.929. The number of carbonyl (C=O) groups excluding carboxylic acids is 1. The molecule has 0 aliphatic heterocycles. The van der Waals surface area contributed by atoms with Crippen LogP contribution in [0.1, 0.15) is 40.5 Å². The Hall–Kier alpha value is -0.530. The van der Waals surface area contributed by atoms with Gasteiger partial charge in [-0.1, -0.05) is 20.8 Å². The Balaban J connectivity index is 1.80. The number of carbonyl (C=O) groups is 1. The molecular formula is C14H22O2. The summed E-state index contributed by atoms with van der Waals surface area (Å²) in [5.41, 5.74) is 0.765. The number of ether oxygens (including phenoxy) is 1. The highest BCUT2D eigenvalue weighted by Crippen LogP contribution is 2.79. The van der Waals surface area contributed by atoms with Gasteiger partial charge < -0.3 is 4.74 Å². The monoisotopic (exact) mass is 222 g/mol. The summed E-state index contributed by atoms with van der Waals surface area (Å²) in [5, 5.41) is 0.